The van der Waals surface area contributed by atoms with Crippen LogP contribution < -0.4 is 5.73 Å². The van der Waals surface area contributed by atoms with Crippen molar-refractivity contribution < 1.29 is 9.53 Å². The first-order valence-electron chi connectivity index (χ1n) is 6.93. The fourth-order valence-electron chi connectivity index (χ4n) is 3.04. The summed E-state index contributed by atoms with van der Waals surface area (Å²) in [7, 11) is 0. The lowest BCUT2D eigenvalue weighted by Gasteiger charge is -2.34. The summed E-state index contributed by atoms with van der Waals surface area (Å²) in [5, 5.41) is 0. The molecule has 2 aliphatic heterocycles. The Morgan fingerprint density at radius 1 is 1.37 bits per heavy atom. The van der Waals surface area contributed by atoms with Gasteiger partial charge in [-0.15, -0.1) is 0 Å². The largest absolute Gasteiger partial charge is 0.399 e. The van der Waals surface area contributed by atoms with Crippen LogP contribution in [0.3, 0.4) is 0 Å². The molecule has 2 bridgehead atoms. The van der Waals surface area contributed by atoms with Gasteiger partial charge in [0.1, 0.15) is 0 Å². The molecule has 2 saturated heterocycles. The van der Waals surface area contributed by atoms with Gasteiger partial charge in [-0.25, -0.2) is 0 Å². The zero-order chi connectivity index (χ0) is 13.4. The molecular formula is C15H20N2O2. The molecule has 3 rings (SSSR count). The van der Waals surface area contributed by atoms with Gasteiger partial charge in [-0.1, -0.05) is 12.1 Å². The SMILES string of the molecule is CC(C(=O)N1CC2CCC(C1)O2)c1cccc(N)c1. The van der Waals surface area contributed by atoms with Crippen molar-refractivity contribution in [2.24, 2.45) is 0 Å². The van der Waals surface area contributed by atoms with Gasteiger partial charge in [-0.3, -0.25) is 4.79 Å². The normalized spacial score (nSPS) is 27.3. The number of amides is 1. The van der Waals surface area contributed by atoms with Crippen molar-refractivity contribution in [1.29, 1.82) is 0 Å². The molecule has 19 heavy (non-hydrogen) atoms. The van der Waals surface area contributed by atoms with Crippen molar-refractivity contribution in [3.63, 3.8) is 0 Å². The molecule has 4 nitrogen and oxygen atoms in total. The predicted molar refractivity (Wildman–Crippen MR) is 73.7 cm³/mol. The highest BCUT2D eigenvalue weighted by Gasteiger charge is 2.36. The van der Waals surface area contributed by atoms with Gasteiger partial charge in [-0.05, 0) is 37.5 Å². The molecule has 0 aromatic heterocycles. The number of carbonyl (C=O) groups is 1. The molecule has 0 aliphatic carbocycles. The van der Waals surface area contributed by atoms with Gasteiger partial charge < -0.3 is 15.4 Å². The van der Waals surface area contributed by atoms with Crippen LogP contribution in [0, 0.1) is 0 Å². The van der Waals surface area contributed by atoms with E-state index in [2.05, 4.69) is 0 Å². The summed E-state index contributed by atoms with van der Waals surface area (Å²) < 4.78 is 5.77. The minimum atomic E-state index is -0.138. The van der Waals surface area contributed by atoms with Crippen molar-refractivity contribution >= 4 is 11.6 Å². The summed E-state index contributed by atoms with van der Waals surface area (Å²) in [5.41, 5.74) is 7.48. The van der Waals surface area contributed by atoms with Gasteiger partial charge in [0, 0.05) is 18.8 Å². The summed E-state index contributed by atoms with van der Waals surface area (Å²) in [5.74, 6) is 0.0480. The van der Waals surface area contributed by atoms with E-state index in [0.717, 1.165) is 31.5 Å². The molecule has 1 aromatic rings. The van der Waals surface area contributed by atoms with E-state index >= 15 is 0 Å². The summed E-state index contributed by atoms with van der Waals surface area (Å²) in [6.45, 7) is 3.43. The molecule has 1 aromatic carbocycles. The second-order valence-corrected chi connectivity index (χ2v) is 5.59. The van der Waals surface area contributed by atoms with Crippen LogP contribution in [0.1, 0.15) is 31.2 Å². The third-order valence-corrected chi connectivity index (χ3v) is 4.14. The number of nitrogen functional groups attached to an aromatic ring is 1. The summed E-state index contributed by atoms with van der Waals surface area (Å²) >= 11 is 0. The Labute approximate surface area is 113 Å². The first kappa shape index (κ1) is 12.5. The average Bonchev–Trinajstić information content (AvgIpc) is 2.76. The number of anilines is 1. The quantitative estimate of drug-likeness (QED) is 0.824. The van der Waals surface area contributed by atoms with E-state index < -0.39 is 0 Å². The van der Waals surface area contributed by atoms with Crippen molar-refractivity contribution in [2.45, 2.75) is 37.9 Å². The highest BCUT2D eigenvalue weighted by Crippen LogP contribution is 2.29. The van der Waals surface area contributed by atoms with E-state index in [9.17, 15) is 4.79 Å². The van der Waals surface area contributed by atoms with Crippen LogP contribution in [0.5, 0.6) is 0 Å². The number of likely N-dealkylation sites (tertiary alicyclic amines) is 1. The number of benzene rings is 1. The standard InChI is InChI=1S/C15H20N2O2/c1-10(11-3-2-4-12(16)7-11)15(18)17-8-13-5-6-14(9-17)19-13/h2-4,7,10,13-14H,5-6,8-9,16H2,1H3. The fraction of sp³-hybridized carbons (Fsp3) is 0.533. The lowest BCUT2D eigenvalue weighted by Crippen LogP contribution is -2.47. The highest BCUT2D eigenvalue weighted by atomic mass is 16.5. The van der Waals surface area contributed by atoms with E-state index in [1.165, 1.54) is 0 Å². The number of ether oxygens (including phenoxy) is 1. The molecule has 2 aliphatic rings. The number of hydrogen-bond acceptors (Lipinski definition) is 3. The van der Waals surface area contributed by atoms with Crippen LogP contribution in [-0.2, 0) is 9.53 Å². The van der Waals surface area contributed by atoms with Gasteiger partial charge in [0.25, 0.3) is 0 Å². The number of morpholine rings is 1. The molecule has 0 spiro atoms. The Kier molecular flexibility index (Phi) is 3.19. The molecule has 0 saturated carbocycles. The van der Waals surface area contributed by atoms with Crippen molar-refractivity contribution in [1.82, 2.24) is 4.90 Å². The molecular weight excluding hydrogens is 240 g/mol. The number of rotatable bonds is 2. The number of hydrogen-bond donors (Lipinski definition) is 1. The van der Waals surface area contributed by atoms with Crippen LogP contribution in [0.25, 0.3) is 0 Å². The zero-order valence-corrected chi connectivity index (χ0v) is 11.2. The fourth-order valence-corrected chi connectivity index (χ4v) is 3.04. The number of fused-ring (bicyclic) bond motifs is 2. The molecule has 2 heterocycles. The summed E-state index contributed by atoms with van der Waals surface area (Å²) in [6, 6.07) is 7.60. The lowest BCUT2D eigenvalue weighted by atomic mass is 9.99. The van der Waals surface area contributed by atoms with E-state index in [-0.39, 0.29) is 24.0 Å². The maximum atomic E-state index is 12.6. The molecule has 102 valence electrons. The average molecular weight is 260 g/mol. The Hall–Kier alpha value is -1.55. The van der Waals surface area contributed by atoms with Gasteiger partial charge in [-0.2, -0.15) is 0 Å². The molecule has 3 unspecified atom stereocenters. The van der Waals surface area contributed by atoms with Crippen molar-refractivity contribution in [3.8, 4) is 0 Å². The van der Waals surface area contributed by atoms with E-state index in [1.807, 2.05) is 36.1 Å². The van der Waals surface area contributed by atoms with E-state index in [0.29, 0.717) is 5.69 Å². The van der Waals surface area contributed by atoms with Crippen LogP contribution in [-0.4, -0.2) is 36.1 Å². The maximum absolute atomic E-state index is 12.6. The van der Waals surface area contributed by atoms with Gasteiger partial charge in [0.2, 0.25) is 5.91 Å². The highest BCUT2D eigenvalue weighted by molar-refractivity contribution is 5.83. The van der Waals surface area contributed by atoms with Crippen LogP contribution in [0.15, 0.2) is 24.3 Å². The smallest absolute Gasteiger partial charge is 0.230 e. The topological polar surface area (TPSA) is 55.6 Å². The predicted octanol–water partition coefficient (Wildman–Crippen LogP) is 1.76. The summed E-state index contributed by atoms with van der Waals surface area (Å²) in [4.78, 5) is 14.5. The van der Waals surface area contributed by atoms with Gasteiger partial charge in [0.05, 0.1) is 18.1 Å². The molecule has 2 fully saturated rings. The molecule has 2 N–H and O–H groups in total. The Morgan fingerprint density at radius 2 is 2.05 bits per heavy atom. The maximum Gasteiger partial charge on any atom is 0.230 e. The van der Waals surface area contributed by atoms with Crippen LogP contribution in [0.4, 0.5) is 5.69 Å². The second-order valence-electron chi connectivity index (χ2n) is 5.59. The van der Waals surface area contributed by atoms with Crippen molar-refractivity contribution in [2.75, 3.05) is 18.8 Å². The Bertz CT molecular complexity index is 477. The third kappa shape index (κ3) is 2.45. The van der Waals surface area contributed by atoms with Gasteiger partial charge in [0.15, 0.2) is 0 Å². The van der Waals surface area contributed by atoms with Crippen LogP contribution in [0.2, 0.25) is 0 Å². The Balaban J connectivity index is 1.73. The number of nitrogens with two attached hydrogens (primary N) is 1. The molecule has 3 atom stereocenters. The minimum absolute atomic E-state index is 0.138. The summed E-state index contributed by atoms with van der Waals surface area (Å²) in [6.07, 6.45) is 2.66. The molecule has 0 radical (unpaired) electrons. The monoisotopic (exact) mass is 260 g/mol. The number of carbonyl (C=O) groups excluding carboxylic acids is 1. The third-order valence-electron chi connectivity index (χ3n) is 4.14. The van der Waals surface area contributed by atoms with E-state index in [4.69, 9.17) is 10.5 Å². The van der Waals surface area contributed by atoms with Crippen LogP contribution >= 0.6 is 0 Å². The first-order chi connectivity index (χ1) is 9.13. The van der Waals surface area contributed by atoms with Gasteiger partial charge >= 0.3 is 0 Å². The second kappa shape index (κ2) is 4.85. The first-order valence-corrected chi connectivity index (χ1v) is 6.93. The minimum Gasteiger partial charge on any atom is -0.399 e. The van der Waals surface area contributed by atoms with E-state index in [1.54, 1.807) is 0 Å². The lowest BCUT2D eigenvalue weighted by molar-refractivity contribution is -0.141. The van der Waals surface area contributed by atoms with Crippen molar-refractivity contribution in [3.05, 3.63) is 29.8 Å². The zero-order valence-electron chi connectivity index (χ0n) is 11.2. The molecule has 4 heteroatoms. The number of nitrogens with zero attached hydrogens (tertiary/aromatic N) is 1. The molecule has 1 amide bonds. The Morgan fingerprint density at radius 3 is 2.68 bits per heavy atom.